The van der Waals surface area contributed by atoms with Crippen molar-refractivity contribution in [3.8, 4) is 5.88 Å². The van der Waals surface area contributed by atoms with E-state index in [-0.39, 0.29) is 18.3 Å². The van der Waals surface area contributed by atoms with Gasteiger partial charge < -0.3 is 9.72 Å². The van der Waals surface area contributed by atoms with Crippen LogP contribution >= 0.6 is 0 Å². The first-order chi connectivity index (χ1) is 13.4. The first-order valence-corrected chi connectivity index (χ1v) is 9.42. The largest absolute Gasteiger partial charge is 0.474 e. The predicted molar refractivity (Wildman–Crippen MR) is 94.8 cm³/mol. The van der Waals surface area contributed by atoms with Gasteiger partial charge >= 0.3 is 6.18 Å². The molecule has 1 N–H and O–H groups in total. The minimum absolute atomic E-state index is 0.184. The van der Waals surface area contributed by atoms with E-state index < -0.39 is 17.6 Å². The molecule has 2 aromatic rings. The molecule has 1 aliphatic carbocycles. The average Bonchev–Trinajstić information content (AvgIpc) is 3.16. The third-order valence-corrected chi connectivity index (χ3v) is 5.24. The number of halogens is 3. The molecule has 0 radical (unpaired) electrons. The summed E-state index contributed by atoms with van der Waals surface area (Å²) >= 11 is 0. The number of hydrogen-bond donors (Lipinski definition) is 1. The highest BCUT2D eigenvalue weighted by Crippen LogP contribution is 2.28. The number of ether oxygens (including phenoxy) is 1. The average molecular weight is 394 g/mol. The van der Waals surface area contributed by atoms with Crippen LogP contribution in [0.4, 0.5) is 13.2 Å². The molecular weight excluding hydrogens is 373 g/mol. The molecule has 0 saturated heterocycles. The number of H-pyrrole nitrogens is 1. The number of nitrogens with one attached hydrogen (secondary N) is 1. The maximum atomic E-state index is 12.8. The number of aromatic nitrogens is 3. The number of alkyl halides is 3. The lowest BCUT2D eigenvalue weighted by Gasteiger charge is -2.28. The van der Waals surface area contributed by atoms with E-state index in [0.29, 0.717) is 31.0 Å². The fourth-order valence-electron chi connectivity index (χ4n) is 3.81. The van der Waals surface area contributed by atoms with E-state index in [0.717, 1.165) is 31.2 Å². The summed E-state index contributed by atoms with van der Waals surface area (Å²) < 4.78 is 44.6. The Morgan fingerprint density at radius 3 is 2.82 bits per heavy atom. The van der Waals surface area contributed by atoms with Crippen LogP contribution in [0.1, 0.15) is 48.3 Å². The summed E-state index contributed by atoms with van der Waals surface area (Å²) in [4.78, 5) is 24.0. The Morgan fingerprint density at radius 2 is 2.07 bits per heavy atom. The minimum atomic E-state index is -4.66. The zero-order valence-corrected chi connectivity index (χ0v) is 15.3. The summed E-state index contributed by atoms with van der Waals surface area (Å²) in [6.45, 7) is 1.27. The first-order valence-electron chi connectivity index (χ1n) is 9.42. The Hall–Kier alpha value is -2.42. The molecular formula is C19H21F3N4O2. The maximum absolute atomic E-state index is 12.8. The molecule has 0 bridgehead atoms. The molecule has 1 fully saturated rings. The van der Waals surface area contributed by atoms with Crippen molar-refractivity contribution in [1.29, 1.82) is 0 Å². The van der Waals surface area contributed by atoms with Crippen LogP contribution in [0.5, 0.6) is 5.88 Å². The predicted octanol–water partition coefficient (Wildman–Crippen LogP) is 3.06. The van der Waals surface area contributed by atoms with Gasteiger partial charge in [0.05, 0.1) is 11.3 Å². The van der Waals surface area contributed by atoms with Crippen molar-refractivity contribution in [1.82, 2.24) is 19.9 Å². The van der Waals surface area contributed by atoms with Crippen molar-refractivity contribution in [3.05, 3.63) is 51.3 Å². The summed E-state index contributed by atoms with van der Waals surface area (Å²) in [6, 6.07) is 3.76. The molecule has 3 heterocycles. The molecule has 9 heteroatoms. The van der Waals surface area contributed by atoms with Crippen molar-refractivity contribution < 1.29 is 17.9 Å². The number of nitrogens with zero attached hydrogens (tertiary/aromatic N) is 3. The highest BCUT2D eigenvalue weighted by molar-refractivity contribution is 5.27. The monoisotopic (exact) mass is 394 g/mol. The number of pyridine rings is 1. The molecule has 28 heavy (non-hydrogen) atoms. The molecule has 0 atom stereocenters. The standard InChI is InChI=1S/C19H21F3N4O2/c20-19(21,22)18-24-15-7-9-26(11-14(15)16(27)25-18)10-12-4-3-8-23-17(12)28-13-5-1-2-6-13/h3-4,8,13H,1-2,5-7,9-11H2,(H,24,25,27). The lowest BCUT2D eigenvalue weighted by Crippen LogP contribution is -2.36. The summed E-state index contributed by atoms with van der Waals surface area (Å²) in [7, 11) is 0. The van der Waals surface area contributed by atoms with Crippen molar-refractivity contribution >= 4 is 0 Å². The van der Waals surface area contributed by atoms with Gasteiger partial charge in [-0.2, -0.15) is 13.2 Å². The Morgan fingerprint density at radius 1 is 1.29 bits per heavy atom. The summed E-state index contributed by atoms with van der Waals surface area (Å²) in [5, 5.41) is 0. The lowest BCUT2D eigenvalue weighted by atomic mass is 10.1. The number of hydrogen-bond acceptors (Lipinski definition) is 5. The molecule has 150 valence electrons. The first kappa shape index (κ1) is 18.9. The number of rotatable bonds is 4. The summed E-state index contributed by atoms with van der Waals surface area (Å²) in [6.07, 6.45) is 1.87. The van der Waals surface area contributed by atoms with Gasteiger partial charge in [0.25, 0.3) is 5.56 Å². The Kier molecular flexibility index (Phi) is 5.09. The lowest BCUT2D eigenvalue weighted by molar-refractivity contribution is -0.145. The number of fused-ring (bicyclic) bond motifs is 1. The van der Waals surface area contributed by atoms with Gasteiger partial charge in [0, 0.05) is 37.8 Å². The van der Waals surface area contributed by atoms with Crippen LogP contribution in [-0.4, -0.2) is 32.5 Å². The molecule has 1 saturated carbocycles. The molecule has 0 unspecified atom stereocenters. The van der Waals surface area contributed by atoms with Gasteiger partial charge in [0.15, 0.2) is 0 Å². The summed E-state index contributed by atoms with van der Waals surface area (Å²) in [5.74, 6) is -0.635. The van der Waals surface area contributed by atoms with E-state index in [9.17, 15) is 18.0 Å². The van der Waals surface area contributed by atoms with Crippen LogP contribution in [0.15, 0.2) is 23.1 Å². The van der Waals surface area contributed by atoms with Crippen molar-refractivity contribution in [3.63, 3.8) is 0 Å². The van der Waals surface area contributed by atoms with E-state index in [1.54, 1.807) is 6.20 Å². The fourth-order valence-corrected chi connectivity index (χ4v) is 3.81. The van der Waals surface area contributed by atoms with Gasteiger partial charge in [-0.1, -0.05) is 6.07 Å². The van der Waals surface area contributed by atoms with E-state index >= 15 is 0 Å². The van der Waals surface area contributed by atoms with Gasteiger partial charge in [0.2, 0.25) is 11.7 Å². The van der Waals surface area contributed by atoms with Crippen molar-refractivity contribution in [2.75, 3.05) is 6.54 Å². The van der Waals surface area contributed by atoms with Crippen LogP contribution in [0.25, 0.3) is 0 Å². The molecule has 4 rings (SSSR count). The van der Waals surface area contributed by atoms with Gasteiger partial charge in [-0.3, -0.25) is 9.69 Å². The van der Waals surface area contributed by atoms with Crippen LogP contribution in [0, 0.1) is 0 Å². The van der Waals surface area contributed by atoms with Crippen LogP contribution in [-0.2, 0) is 25.7 Å². The second kappa shape index (κ2) is 7.54. The molecule has 0 amide bonds. The van der Waals surface area contributed by atoms with E-state index in [2.05, 4.69) is 9.97 Å². The Bertz CT molecular complexity index is 907. The SMILES string of the molecule is O=c1[nH]c(C(F)(F)F)nc2c1CN(Cc1cccnc1OC1CCCC1)CC2. The molecule has 6 nitrogen and oxygen atoms in total. The smallest absolute Gasteiger partial charge is 0.449 e. The van der Waals surface area contributed by atoms with Gasteiger partial charge in [-0.05, 0) is 31.7 Å². The fraction of sp³-hybridized carbons (Fsp3) is 0.526. The quantitative estimate of drug-likeness (QED) is 0.863. The van der Waals surface area contributed by atoms with Crippen molar-refractivity contribution in [2.45, 2.75) is 57.5 Å². The molecule has 0 spiro atoms. The highest BCUT2D eigenvalue weighted by atomic mass is 19.4. The number of aromatic amines is 1. The van der Waals surface area contributed by atoms with Gasteiger partial charge in [0.1, 0.15) is 6.10 Å². The Labute approximate surface area is 159 Å². The van der Waals surface area contributed by atoms with Crippen LogP contribution in [0.2, 0.25) is 0 Å². The molecule has 0 aromatic carbocycles. The second-order valence-electron chi connectivity index (χ2n) is 7.29. The van der Waals surface area contributed by atoms with Crippen LogP contribution in [0.3, 0.4) is 0 Å². The summed E-state index contributed by atoms with van der Waals surface area (Å²) in [5.41, 5.74) is 0.701. The zero-order valence-electron chi connectivity index (χ0n) is 15.3. The minimum Gasteiger partial charge on any atom is -0.474 e. The van der Waals surface area contributed by atoms with E-state index in [4.69, 9.17) is 4.74 Å². The van der Waals surface area contributed by atoms with Gasteiger partial charge in [-0.25, -0.2) is 9.97 Å². The third kappa shape index (κ3) is 4.04. The van der Waals surface area contributed by atoms with Crippen molar-refractivity contribution in [2.24, 2.45) is 0 Å². The zero-order chi connectivity index (χ0) is 19.7. The maximum Gasteiger partial charge on any atom is 0.449 e. The van der Waals surface area contributed by atoms with E-state index in [1.807, 2.05) is 22.0 Å². The molecule has 1 aliphatic heterocycles. The topological polar surface area (TPSA) is 71.1 Å². The van der Waals surface area contributed by atoms with Gasteiger partial charge in [-0.15, -0.1) is 0 Å². The third-order valence-electron chi connectivity index (χ3n) is 5.24. The Balaban J connectivity index is 1.51. The van der Waals surface area contributed by atoms with Crippen LogP contribution < -0.4 is 10.3 Å². The second-order valence-corrected chi connectivity index (χ2v) is 7.29. The molecule has 2 aromatic heterocycles. The highest BCUT2D eigenvalue weighted by Gasteiger charge is 2.36. The van der Waals surface area contributed by atoms with E-state index in [1.165, 1.54) is 0 Å². The normalized spacial score (nSPS) is 18.2. The molecule has 2 aliphatic rings.